The van der Waals surface area contributed by atoms with Crippen LogP contribution in [0.15, 0.2) is 48.6 Å². The van der Waals surface area contributed by atoms with Gasteiger partial charge in [0, 0.05) is 42.2 Å². The van der Waals surface area contributed by atoms with E-state index in [2.05, 4.69) is 32.6 Å². The molecule has 1 amide bonds. The second-order valence-electron chi connectivity index (χ2n) is 14.5. The highest BCUT2D eigenvalue weighted by Crippen LogP contribution is 2.47. The number of aliphatic hydroxyl groups is 1. The SMILES string of the molecule is COC1CC(NS(=O)(=O)NC(=O)c2ccc3c(c2)N(C[C@@H]2CC[C@H]2C(O)/C=C/CC2CC2)C[C@@]2(CCCc4cc(Cl)ccc42)CO3)C1. The van der Waals surface area contributed by atoms with E-state index < -0.39 is 22.2 Å². The molecule has 0 bridgehead atoms. The normalized spacial score (nSPS) is 29.2. The smallest absolute Gasteiger partial charge is 0.301 e. The monoisotopic (exact) mass is 683 g/mol. The Balaban J connectivity index is 1.14. The Morgan fingerprint density at radius 1 is 1.19 bits per heavy atom. The fraction of sp³-hybridized carbons (Fsp3) is 0.583. The van der Waals surface area contributed by atoms with Crippen LogP contribution in [0.1, 0.15) is 79.3 Å². The Labute approximate surface area is 283 Å². The maximum absolute atomic E-state index is 13.4. The minimum absolute atomic E-state index is 0.0283. The molecule has 0 saturated heterocycles. The Kier molecular flexibility index (Phi) is 9.34. The summed E-state index contributed by atoms with van der Waals surface area (Å²) in [6.45, 7) is 1.87. The molecule has 3 N–H and O–H groups in total. The van der Waals surface area contributed by atoms with Crippen molar-refractivity contribution in [1.29, 1.82) is 0 Å². The first-order chi connectivity index (χ1) is 22.6. The number of nitrogens with one attached hydrogen (secondary N) is 2. The molecule has 0 aromatic heterocycles. The highest BCUT2D eigenvalue weighted by molar-refractivity contribution is 7.88. The van der Waals surface area contributed by atoms with Crippen LogP contribution < -0.4 is 19.1 Å². The molecule has 4 atom stereocenters. The average molecular weight is 684 g/mol. The minimum atomic E-state index is -4.06. The van der Waals surface area contributed by atoms with Gasteiger partial charge in [-0.1, -0.05) is 29.8 Å². The van der Waals surface area contributed by atoms with E-state index in [1.54, 1.807) is 25.3 Å². The van der Waals surface area contributed by atoms with E-state index in [-0.39, 0.29) is 35.0 Å². The minimum Gasteiger partial charge on any atom is -0.490 e. The van der Waals surface area contributed by atoms with Crippen LogP contribution >= 0.6 is 11.6 Å². The van der Waals surface area contributed by atoms with Crippen molar-refractivity contribution in [3.8, 4) is 5.75 Å². The summed E-state index contributed by atoms with van der Waals surface area (Å²) in [5, 5.41) is 11.9. The van der Waals surface area contributed by atoms with Crippen LogP contribution in [0.2, 0.25) is 5.02 Å². The van der Waals surface area contributed by atoms with Crippen molar-refractivity contribution < 1.29 is 27.8 Å². The molecule has 1 spiro atoms. The molecule has 4 aliphatic carbocycles. The Morgan fingerprint density at radius 3 is 2.77 bits per heavy atom. The summed E-state index contributed by atoms with van der Waals surface area (Å²) in [7, 11) is -2.45. The van der Waals surface area contributed by atoms with Crippen LogP contribution in [-0.4, -0.2) is 64.5 Å². The fourth-order valence-corrected chi connectivity index (χ4v) is 9.25. The first-order valence-electron chi connectivity index (χ1n) is 17.1. The highest BCUT2D eigenvalue weighted by Gasteiger charge is 2.44. The average Bonchev–Trinajstić information content (AvgIpc) is 3.84. The molecule has 1 heterocycles. The standard InChI is InChI=1S/C36H46ClN3O6S/c1-45-29-18-28(19-29)38-47(43,44)39-35(42)25-10-14-34-32(17-25)40(20-26-9-12-30(26)33(41)6-2-4-23-7-8-23)21-36(22-46-34)15-3-5-24-16-27(37)11-13-31(24)36/h2,6,10-11,13-14,16-17,23,26,28-30,33,38,41H,3-5,7-9,12,15,18-22H2,1H3,(H,39,42)/b6-2+/t26-,28?,29?,30+,33?,36-/m0/s1. The fourth-order valence-electron chi connectivity index (χ4n) is 8.00. The molecule has 3 saturated carbocycles. The number of halogens is 1. The molecular weight excluding hydrogens is 638 g/mol. The van der Waals surface area contributed by atoms with E-state index >= 15 is 0 Å². The van der Waals surface area contributed by atoms with E-state index in [1.165, 1.54) is 24.0 Å². The van der Waals surface area contributed by atoms with Crippen molar-refractivity contribution in [2.75, 3.05) is 31.7 Å². The van der Waals surface area contributed by atoms with Gasteiger partial charge in [0.1, 0.15) is 5.75 Å². The number of fused-ring (bicyclic) bond motifs is 3. The number of benzene rings is 2. The Hall–Kier alpha value is -2.63. The van der Waals surface area contributed by atoms with Gasteiger partial charge in [0.15, 0.2) is 0 Å². The molecule has 3 fully saturated rings. The van der Waals surface area contributed by atoms with E-state index in [9.17, 15) is 18.3 Å². The summed E-state index contributed by atoms with van der Waals surface area (Å²) in [6, 6.07) is 11.1. The molecule has 254 valence electrons. The van der Waals surface area contributed by atoms with Gasteiger partial charge in [-0.25, -0.2) is 4.72 Å². The molecule has 2 aromatic rings. The van der Waals surface area contributed by atoms with Gasteiger partial charge in [0.25, 0.3) is 5.91 Å². The van der Waals surface area contributed by atoms with E-state index in [4.69, 9.17) is 21.1 Å². The lowest BCUT2D eigenvalue weighted by Crippen LogP contribution is -2.52. The van der Waals surface area contributed by atoms with Gasteiger partial charge < -0.3 is 19.5 Å². The summed E-state index contributed by atoms with van der Waals surface area (Å²) in [6.07, 6.45) is 13.4. The van der Waals surface area contributed by atoms with Gasteiger partial charge in [0.2, 0.25) is 0 Å². The number of aryl methyl sites for hydroxylation is 1. The number of anilines is 1. The number of hydrogen-bond acceptors (Lipinski definition) is 7. The summed E-state index contributed by atoms with van der Waals surface area (Å²) < 4.78 is 42.2. The van der Waals surface area contributed by atoms with Crippen LogP contribution in [0.5, 0.6) is 5.75 Å². The van der Waals surface area contributed by atoms with Gasteiger partial charge in [0.05, 0.1) is 24.5 Å². The summed E-state index contributed by atoms with van der Waals surface area (Å²) in [5.74, 6) is 1.19. The molecule has 1 aliphatic heterocycles. The molecule has 47 heavy (non-hydrogen) atoms. The van der Waals surface area contributed by atoms with Gasteiger partial charge in [-0.15, -0.1) is 0 Å². The van der Waals surface area contributed by atoms with Gasteiger partial charge >= 0.3 is 10.2 Å². The van der Waals surface area contributed by atoms with E-state index in [0.717, 1.165) is 55.2 Å². The van der Waals surface area contributed by atoms with Crippen molar-refractivity contribution in [1.82, 2.24) is 9.44 Å². The number of ether oxygens (including phenoxy) is 2. The van der Waals surface area contributed by atoms with Crippen LogP contribution in [0.3, 0.4) is 0 Å². The molecule has 0 radical (unpaired) electrons. The molecule has 2 aromatic carbocycles. The zero-order valence-corrected chi connectivity index (χ0v) is 28.6. The summed E-state index contributed by atoms with van der Waals surface area (Å²) >= 11 is 6.42. The number of amides is 1. The number of carbonyl (C=O) groups excluding carboxylic acids is 1. The van der Waals surface area contributed by atoms with Crippen LogP contribution in [0.25, 0.3) is 0 Å². The maximum Gasteiger partial charge on any atom is 0.301 e. The number of aliphatic hydroxyl groups excluding tert-OH is 1. The first-order valence-corrected chi connectivity index (χ1v) is 19.0. The third kappa shape index (κ3) is 7.22. The number of hydrogen-bond donors (Lipinski definition) is 3. The number of methoxy groups -OCH3 is 1. The van der Waals surface area contributed by atoms with Crippen LogP contribution in [-0.2, 0) is 26.8 Å². The van der Waals surface area contributed by atoms with E-state index in [0.29, 0.717) is 38.3 Å². The summed E-state index contributed by atoms with van der Waals surface area (Å²) in [5.41, 5.74) is 3.23. The zero-order valence-electron chi connectivity index (χ0n) is 27.0. The highest BCUT2D eigenvalue weighted by atomic mass is 35.5. The van der Waals surface area contributed by atoms with Crippen molar-refractivity contribution in [2.45, 2.75) is 87.9 Å². The van der Waals surface area contributed by atoms with Crippen molar-refractivity contribution >= 4 is 33.4 Å². The first kappa shape index (κ1) is 32.9. The van der Waals surface area contributed by atoms with E-state index in [1.807, 2.05) is 12.1 Å². The van der Waals surface area contributed by atoms with Crippen LogP contribution in [0.4, 0.5) is 5.69 Å². The van der Waals surface area contributed by atoms with Crippen molar-refractivity contribution in [2.24, 2.45) is 17.8 Å². The Bertz CT molecular complexity index is 1620. The van der Waals surface area contributed by atoms with Crippen molar-refractivity contribution in [3.05, 3.63) is 70.3 Å². The van der Waals surface area contributed by atoms with Gasteiger partial charge in [-0.05, 0) is 123 Å². The van der Waals surface area contributed by atoms with Gasteiger partial charge in [-0.3, -0.25) is 4.79 Å². The molecule has 1 unspecified atom stereocenters. The topological polar surface area (TPSA) is 117 Å². The lowest BCUT2D eigenvalue weighted by Gasteiger charge is -2.45. The predicted molar refractivity (Wildman–Crippen MR) is 182 cm³/mol. The second-order valence-corrected chi connectivity index (χ2v) is 16.3. The second kappa shape index (κ2) is 13.3. The summed E-state index contributed by atoms with van der Waals surface area (Å²) in [4.78, 5) is 15.7. The quantitative estimate of drug-likeness (QED) is 0.275. The number of rotatable bonds is 11. The maximum atomic E-state index is 13.4. The largest absolute Gasteiger partial charge is 0.490 e. The third-order valence-corrected chi connectivity index (χ3v) is 12.5. The number of nitrogens with zero attached hydrogens (tertiary/aromatic N) is 1. The molecule has 5 aliphatic rings. The molecule has 7 rings (SSSR count). The van der Waals surface area contributed by atoms with Crippen molar-refractivity contribution in [3.63, 3.8) is 0 Å². The molecular formula is C36H46ClN3O6S. The lowest BCUT2D eigenvalue weighted by atomic mass is 9.68. The number of allylic oxidation sites excluding steroid dienone is 1. The Morgan fingerprint density at radius 2 is 2.02 bits per heavy atom. The van der Waals surface area contributed by atoms with Crippen LogP contribution in [0, 0.1) is 17.8 Å². The third-order valence-electron chi connectivity index (χ3n) is 11.1. The predicted octanol–water partition coefficient (Wildman–Crippen LogP) is 5.30. The zero-order chi connectivity index (χ0) is 32.8. The van der Waals surface area contributed by atoms with Gasteiger partial charge in [-0.2, -0.15) is 13.1 Å². The number of carbonyl (C=O) groups is 1. The molecule has 11 heteroatoms. The lowest BCUT2D eigenvalue weighted by molar-refractivity contribution is 0.0235. The molecule has 9 nitrogen and oxygen atoms in total.